The van der Waals surface area contributed by atoms with E-state index in [1.807, 2.05) is 0 Å². The Morgan fingerprint density at radius 1 is 1.13 bits per heavy atom. The largest absolute Gasteiger partial charge is 0.349 e. The van der Waals surface area contributed by atoms with Crippen LogP contribution in [0.4, 0.5) is 0 Å². The minimum Gasteiger partial charge on any atom is -0.349 e. The van der Waals surface area contributed by atoms with Gasteiger partial charge in [-0.05, 0) is 29.8 Å². The molecule has 118 valence electrons. The minimum atomic E-state index is -0.166. The molecule has 23 heavy (non-hydrogen) atoms. The molecule has 8 heteroatoms. The number of amides is 1. The van der Waals surface area contributed by atoms with Crippen molar-refractivity contribution in [3.63, 3.8) is 0 Å². The fourth-order valence-electron chi connectivity index (χ4n) is 2.09. The first kappa shape index (κ1) is 16.1. The number of H-pyrrole nitrogens is 1. The van der Waals surface area contributed by atoms with Crippen molar-refractivity contribution >= 4 is 51.9 Å². The molecule has 3 rings (SSSR count). The lowest BCUT2D eigenvalue weighted by atomic mass is 10.1. The van der Waals surface area contributed by atoms with Crippen LogP contribution in [0.2, 0.25) is 15.2 Å². The average molecular weight is 370 g/mol. The predicted octanol–water partition coefficient (Wildman–Crippen LogP) is 3.78. The third-order valence-corrected chi connectivity index (χ3v) is 3.98. The van der Waals surface area contributed by atoms with Crippen molar-refractivity contribution in [2.75, 3.05) is 0 Å². The van der Waals surface area contributed by atoms with E-state index in [4.69, 9.17) is 34.8 Å². The third kappa shape index (κ3) is 3.93. The van der Waals surface area contributed by atoms with Crippen LogP contribution in [0, 0.1) is 0 Å². The highest BCUT2D eigenvalue weighted by molar-refractivity contribution is 6.35. The Labute approximate surface area is 147 Å². The summed E-state index contributed by atoms with van der Waals surface area (Å²) < 4.78 is 0. The Bertz CT molecular complexity index is 878. The first-order valence-corrected chi connectivity index (χ1v) is 7.86. The maximum atomic E-state index is 12.0. The van der Waals surface area contributed by atoms with Crippen molar-refractivity contribution in [1.29, 1.82) is 0 Å². The summed E-state index contributed by atoms with van der Waals surface area (Å²) in [7, 11) is 0. The van der Waals surface area contributed by atoms with E-state index >= 15 is 0 Å². The summed E-state index contributed by atoms with van der Waals surface area (Å²) in [5.74, 6) is 0.436. The highest BCUT2D eigenvalue weighted by Gasteiger charge is 2.09. The van der Waals surface area contributed by atoms with E-state index in [1.165, 1.54) is 0 Å². The van der Waals surface area contributed by atoms with E-state index in [1.54, 1.807) is 30.3 Å². The topological polar surface area (TPSA) is 70.7 Å². The van der Waals surface area contributed by atoms with Gasteiger partial charge in [-0.2, -0.15) is 0 Å². The zero-order valence-corrected chi connectivity index (χ0v) is 14.0. The van der Waals surface area contributed by atoms with Crippen molar-refractivity contribution in [2.45, 2.75) is 13.0 Å². The Morgan fingerprint density at radius 2 is 1.96 bits per heavy atom. The second-order valence-corrected chi connectivity index (χ2v) is 6.11. The number of aromatic nitrogens is 3. The van der Waals surface area contributed by atoms with Gasteiger partial charge in [-0.3, -0.25) is 4.79 Å². The van der Waals surface area contributed by atoms with Crippen molar-refractivity contribution in [3.8, 4) is 0 Å². The summed E-state index contributed by atoms with van der Waals surface area (Å²) in [6, 6.07) is 8.51. The number of aromatic amines is 1. The van der Waals surface area contributed by atoms with Crippen molar-refractivity contribution in [2.24, 2.45) is 0 Å². The average Bonchev–Trinajstić information content (AvgIpc) is 2.90. The summed E-state index contributed by atoms with van der Waals surface area (Å²) in [5, 5.41) is 4.15. The minimum absolute atomic E-state index is 0.166. The number of hydrogen-bond acceptors (Lipinski definition) is 3. The number of hydrogen-bond donors (Lipinski definition) is 2. The van der Waals surface area contributed by atoms with Crippen LogP contribution >= 0.6 is 34.8 Å². The summed E-state index contributed by atoms with van der Waals surface area (Å²) in [5.41, 5.74) is 1.99. The van der Waals surface area contributed by atoms with E-state index in [0.717, 1.165) is 5.52 Å². The molecule has 0 fully saturated rings. The number of nitrogens with zero attached hydrogens (tertiary/aromatic N) is 2. The fourth-order valence-corrected chi connectivity index (χ4v) is 2.70. The maximum absolute atomic E-state index is 12.0. The van der Waals surface area contributed by atoms with E-state index in [-0.39, 0.29) is 18.9 Å². The second-order valence-electron chi connectivity index (χ2n) is 4.88. The zero-order chi connectivity index (χ0) is 16.4. The molecule has 0 saturated heterocycles. The van der Waals surface area contributed by atoms with E-state index in [0.29, 0.717) is 32.2 Å². The molecule has 0 aliphatic carbocycles. The van der Waals surface area contributed by atoms with Crippen molar-refractivity contribution in [3.05, 3.63) is 56.9 Å². The van der Waals surface area contributed by atoms with Crippen LogP contribution < -0.4 is 5.32 Å². The van der Waals surface area contributed by atoms with E-state index in [2.05, 4.69) is 20.3 Å². The maximum Gasteiger partial charge on any atom is 0.224 e. The molecule has 0 unspecified atom stereocenters. The summed E-state index contributed by atoms with van der Waals surface area (Å²) >= 11 is 17.7. The molecule has 0 saturated carbocycles. The predicted molar refractivity (Wildman–Crippen MR) is 90.9 cm³/mol. The van der Waals surface area contributed by atoms with Gasteiger partial charge in [-0.15, -0.1) is 0 Å². The molecule has 0 bridgehead atoms. The van der Waals surface area contributed by atoms with Gasteiger partial charge in [0, 0.05) is 10.0 Å². The van der Waals surface area contributed by atoms with Crippen molar-refractivity contribution in [1.82, 2.24) is 20.3 Å². The standard InChI is InChI=1S/C15H11Cl3N4O/c16-9-2-1-8(10(17)6-9)5-14(23)19-7-13-20-11-3-4-12(18)21-15(11)22-13/h1-4,6H,5,7H2,(H,19,23)(H,20,21,22). The number of carbonyl (C=O) groups excluding carboxylic acids is 1. The van der Waals surface area contributed by atoms with E-state index in [9.17, 15) is 4.79 Å². The van der Waals surface area contributed by atoms with Crippen LogP contribution in [0.3, 0.4) is 0 Å². The molecule has 0 aliphatic heterocycles. The third-order valence-electron chi connectivity index (χ3n) is 3.18. The molecule has 5 nitrogen and oxygen atoms in total. The van der Waals surface area contributed by atoms with Gasteiger partial charge in [0.05, 0.1) is 18.5 Å². The van der Waals surface area contributed by atoms with Gasteiger partial charge in [0.15, 0.2) is 5.65 Å². The zero-order valence-electron chi connectivity index (χ0n) is 11.7. The molecular formula is C15H11Cl3N4O. The smallest absolute Gasteiger partial charge is 0.224 e. The Balaban J connectivity index is 1.63. The van der Waals surface area contributed by atoms with Gasteiger partial charge in [-0.1, -0.05) is 40.9 Å². The fraction of sp³-hybridized carbons (Fsp3) is 0.133. The number of benzene rings is 1. The van der Waals surface area contributed by atoms with Gasteiger partial charge in [0.1, 0.15) is 11.0 Å². The Hall–Kier alpha value is -1.82. The lowest BCUT2D eigenvalue weighted by Gasteiger charge is -2.05. The molecular weight excluding hydrogens is 359 g/mol. The first-order valence-electron chi connectivity index (χ1n) is 6.73. The SMILES string of the molecule is O=C(Cc1ccc(Cl)cc1Cl)NCc1nc2nc(Cl)ccc2[nH]1. The van der Waals surface area contributed by atoms with Crippen LogP contribution in [0.25, 0.3) is 11.2 Å². The Morgan fingerprint density at radius 3 is 2.74 bits per heavy atom. The first-order chi connectivity index (χ1) is 11.0. The van der Waals surface area contributed by atoms with Gasteiger partial charge < -0.3 is 10.3 Å². The quantitative estimate of drug-likeness (QED) is 0.688. The lowest BCUT2D eigenvalue weighted by molar-refractivity contribution is -0.120. The van der Waals surface area contributed by atoms with Crippen LogP contribution in [0.1, 0.15) is 11.4 Å². The number of nitrogens with one attached hydrogen (secondary N) is 2. The van der Waals surface area contributed by atoms with Gasteiger partial charge in [0.25, 0.3) is 0 Å². The highest BCUT2D eigenvalue weighted by Crippen LogP contribution is 2.21. The number of carbonyl (C=O) groups is 1. The number of pyridine rings is 1. The van der Waals surface area contributed by atoms with Gasteiger partial charge in [-0.25, -0.2) is 9.97 Å². The van der Waals surface area contributed by atoms with Crippen LogP contribution in [0.15, 0.2) is 30.3 Å². The number of halogens is 3. The molecule has 2 N–H and O–H groups in total. The summed E-state index contributed by atoms with van der Waals surface area (Å²) in [6.07, 6.45) is 0.167. The van der Waals surface area contributed by atoms with Crippen LogP contribution in [-0.4, -0.2) is 20.9 Å². The molecule has 0 aliphatic rings. The molecule has 0 radical (unpaired) electrons. The summed E-state index contributed by atoms with van der Waals surface area (Å²) in [4.78, 5) is 23.4. The van der Waals surface area contributed by atoms with Crippen LogP contribution in [-0.2, 0) is 17.8 Å². The molecule has 0 atom stereocenters. The normalized spacial score (nSPS) is 10.9. The lowest BCUT2D eigenvalue weighted by Crippen LogP contribution is -2.25. The number of imidazole rings is 1. The molecule has 0 spiro atoms. The summed E-state index contributed by atoms with van der Waals surface area (Å²) in [6.45, 7) is 0.262. The molecule has 3 aromatic rings. The van der Waals surface area contributed by atoms with Gasteiger partial charge in [0.2, 0.25) is 5.91 Å². The molecule has 1 aromatic carbocycles. The molecule has 2 heterocycles. The van der Waals surface area contributed by atoms with Crippen LogP contribution in [0.5, 0.6) is 0 Å². The van der Waals surface area contributed by atoms with Crippen molar-refractivity contribution < 1.29 is 4.79 Å². The second kappa shape index (κ2) is 6.74. The Kier molecular flexibility index (Phi) is 4.71. The highest BCUT2D eigenvalue weighted by atomic mass is 35.5. The number of fused-ring (bicyclic) bond motifs is 1. The van der Waals surface area contributed by atoms with Gasteiger partial charge >= 0.3 is 0 Å². The van der Waals surface area contributed by atoms with E-state index < -0.39 is 0 Å². The monoisotopic (exact) mass is 368 g/mol. The number of rotatable bonds is 4. The molecule has 1 amide bonds. The molecule has 2 aromatic heterocycles.